The van der Waals surface area contributed by atoms with Crippen LogP contribution in [-0.2, 0) is 16.2 Å². The van der Waals surface area contributed by atoms with Crippen LogP contribution < -0.4 is 14.2 Å². The average Bonchev–Trinajstić information content (AvgIpc) is 2.63. The normalized spacial score (nSPS) is 15.8. The number of halogens is 3. The summed E-state index contributed by atoms with van der Waals surface area (Å²) in [6, 6.07) is 7.62. The monoisotopic (exact) mass is 418 g/mol. The minimum Gasteiger partial charge on any atom is -0.497 e. The summed E-state index contributed by atoms with van der Waals surface area (Å²) in [5, 5.41) is 0. The van der Waals surface area contributed by atoms with Crippen LogP contribution in [0.25, 0.3) is 0 Å². The van der Waals surface area contributed by atoms with Crippen molar-refractivity contribution < 1.29 is 35.8 Å². The highest BCUT2D eigenvalue weighted by Crippen LogP contribution is 2.33. The molecule has 2 heterocycles. The fourth-order valence-electron chi connectivity index (χ4n) is 2.61. The zero-order chi connectivity index (χ0) is 20.5. The number of aromatic nitrogens is 1. The van der Waals surface area contributed by atoms with Crippen LogP contribution in [0, 0.1) is 0 Å². The molecule has 0 saturated carbocycles. The number of alkyl halides is 3. The number of benzene rings is 1. The van der Waals surface area contributed by atoms with E-state index in [0.29, 0.717) is 5.75 Å². The van der Waals surface area contributed by atoms with Crippen molar-refractivity contribution in [3.8, 4) is 17.4 Å². The molecule has 1 aliphatic heterocycles. The first-order valence-corrected chi connectivity index (χ1v) is 9.52. The topological polar surface area (TPSA) is 78.0 Å². The van der Waals surface area contributed by atoms with Crippen LogP contribution in [0.15, 0.2) is 41.3 Å². The second kappa shape index (κ2) is 7.47. The third kappa shape index (κ3) is 3.99. The maximum atomic E-state index is 12.8. The zero-order valence-electron chi connectivity index (χ0n) is 14.9. The smallest absolute Gasteiger partial charge is 0.433 e. The van der Waals surface area contributed by atoms with Crippen molar-refractivity contribution in [1.82, 2.24) is 9.29 Å². The molecule has 0 amide bonds. The predicted molar refractivity (Wildman–Crippen MR) is 92.0 cm³/mol. The summed E-state index contributed by atoms with van der Waals surface area (Å²) in [5.74, 6) is 0.360. The van der Waals surface area contributed by atoms with Crippen molar-refractivity contribution in [2.24, 2.45) is 0 Å². The van der Waals surface area contributed by atoms with Gasteiger partial charge >= 0.3 is 6.18 Å². The number of hydrogen-bond donors (Lipinski definition) is 0. The molecular weight excluding hydrogens is 401 g/mol. The third-order valence-corrected chi connectivity index (χ3v) is 5.98. The standard InChI is InChI=1S/C17H17F3N2O5S/c1-25-11-6-7-14(13(8-11)26-2)28(23,24)22-9-12(10-22)27-16-5-3-4-15(21-16)17(18,19)20/h3-8,12H,9-10H2,1-2H3. The number of ether oxygens (including phenoxy) is 3. The molecule has 1 fully saturated rings. The van der Waals surface area contributed by atoms with Gasteiger partial charge in [0.1, 0.15) is 28.2 Å². The molecule has 2 aromatic rings. The highest BCUT2D eigenvalue weighted by Gasteiger charge is 2.40. The second-order valence-corrected chi connectivity index (χ2v) is 7.84. The SMILES string of the molecule is COc1ccc(S(=O)(=O)N2CC(Oc3cccc(C(F)(F)F)n3)C2)c(OC)c1. The van der Waals surface area contributed by atoms with Gasteiger partial charge < -0.3 is 14.2 Å². The Bertz CT molecular complexity index is 960. The van der Waals surface area contributed by atoms with Gasteiger partial charge in [0.05, 0.1) is 27.3 Å². The van der Waals surface area contributed by atoms with E-state index in [1.54, 1.807) is 0 Å². The molecule has 1 aliphatic rings. The Kier molecular flexibility index (Phi) is 5.39. The molecule has 11 heteroatoms. The zero-order valence-corrected chi connectivity index (χ0v) is 15.7. The first-order chi connectivity index (χ1) is 13.1. The summed E-state index contributed by atoms with van der Waals surface area (Å²) in [6.07, 6.45) is -5.19. The first-order valence-electron chi connectivity index (χ1n) is 8.08. The molecule has 1 saturated heterocycles. The summed E-state index contributed by atoms with van der Waals surface area (Å²) in [6.45, 7) is -0.0368. The molecule has 1 aromatic carbocycles. The Morgan fingerprint density at radius 2 is 1.82 bits per heavy atom. The first kappa shape index (κ1) is 20.2. The lowest BCUT2D eigenvalue weighted by atomic mass is 10.2. The lowest BCUT2D eigenvalue weighted by molar-refractivity contribution is -0.141. The van der Waals surface area contributed by atoms with Crippen molar-refractivity contribution in [2.75, 3.05) is 27.3 Å². The van der Waals surface area contributed by atoms with Crippen LogP contribution in [0.1, 0.15) is 5.69 Å². The van der Waals surface area contributed by atoms with E-state index >= 15 is 0 Å². The maximum Gasteiger partial charge on any atom is 0.433 e. The molecular formula is C17H17F3N2O5S. The summed E-state index contributed by atoms with van der Waals surface area (Å²) < 4.78 is 80.3. The van der Waals surface area contributed by atoms with Gasteiger partial charge in [0.15, 0.2) is 0 Å². The Labute approximate surface area is 159 Å². The molecule has 0 bridgehead atoms. The summed E-state index contributed by atoms with van der Waals surface area (Å²) in [7, 11) is -1.07. The van der Waals surface area contributed by atoms with Crippen LogP contribution in [0.5, 0.6) is 17.4 Å². The number of methoxy groups -OCH3 is 2. The van der Waals surface area contributed by atoms with Crippen molar-refractivity contribution in [3.05, 3.63) is 42.1 Å². The van der Waals surface area contributed by atoms with E-state index in [1.807, 2.05) is 0 Å². The van der Waals surface area contributed by atoms with Gasteiger partial charge in [-0.1, -0.05) is 6.07 Å². The second-order valence-electron chi connectivity index (χ2n) is 5.94. The minimum atomic E-state index is -4.58. The number of hydrogen-bond acceptors (Lipinski definition) is 6. The van der Waals surface area contributed by atoms with Crippen LogP contribution in [-0.4, -0.2) is 51.1 Å². The Morgan fingerprint density at radius 3 is 2.43 bits per heavy atom. The van der Waals surface area contributed by atoms with Crippen molar-refractivity contribution >= 4 is 10.0 Å². The van der Waals surface area contributed by atoms with E-state index in [4.69, 9.17) is 14.2 Å². The molecule has 0 radical (unpaired) electrons. The fourth-order valence-corrected chi connectivity index (χ4v) is 4.25. The van der Waals surface area contributed by atoms with Crippen LogP contribution in [0.2, 0.25) is 0 Å². The Balaban J connectivity index is 1.69. The molecule has 1 aromatic heterocycles. The summed E-state index contributed by atoms with van der Waals surface area (Å²) in [5.41, 5.74) is -1.07. The van der Waals surface area contributed by atoms with Gasteiger partial charge in [-0.25, -0.2) is 13.4 Å². The van der Waals surface area contributed by atoms with Crippen molar-refractivity contribution in [2.45, 2.75) is 17.2 Å². The predicted octanol–water partition coefficient (Wildman–Crippen LogP) is 2.57. The van der Waals surface area contributed by atoms with Crippen LogP contribution in [0.4, 0.5) is 13.2 Å². The molecule has 28 heavy (non-hydrogen) atoms. The number of pyridine rings is 1. The lowest BCUT2D eigenvalue weighted by Gasteiger charge is -2.37. The molecule has 0 N–H and O–H groups in total. The average molecular weight is 418 g/mol. The van der Waals surface area contributed by atoms with Gasteiger partial charge in [-0.15, -0.1) is 0 Å². The fraction of sp³-hybridized carbons (Fsp3) is 0.353. The Hall–Kier alpha value is -2.53. The highest BCUT2D eigenvalue weighted by molar-refractivity contribution is 7.89. The summed E-state index contributed by atoms with van der Waals surface area (Å²) in [4.78, 5) is 3.37. The quantitative estimate of drug-likeness (QED) is 0.718. The van der Waals surface area contributed by atoms with Gasteiger partial charge in [-0.2, -0.15) is 17.5 Å². The maximum absolute atomic E-state index is 12.8. The largest absolute Gasteiger partial charge is 0.497 e. The van der Waals surface area contributed by atoms with E-state index in [2.05, 4.69) is 4.98 Å². The molecule has 0 aliphatic carbocycles. The van der Waals surface area contributed by atoms with Crippen molar-refractivity contribution in [1.29, 1.82) is 0 Å². The third-order valence-electron chi connectivity index (χ3n) is 4.10. The molecule has 152 valence electrons. The van der Waals surface area contributed by atoms with E-state index in [0.717, 1.165) is 10.4 Å². The molecule has 7 nitrogen and oxygen atoms in total. The molecule has 0 spiro atoms. The van der Waals surface area contributed by atoms with Gasteiger partial charge in [0, 0.05) is 12.1 Å². The van der Waals surface area contributed by atoms with E-state index in [1.165, 1.54) is 44.6 Å². The van der Waals surface area contributed by atoms with Gasteiger partial charge in [0.25, 0.3) is 0 Å². The van der Waals surface area contributed by atoms with E-state index in [9.17, 15) is 21.6 Å². The summed E-state index contributed by atoms with van der Waals surface area (Å²) >= 11 is 0. The Morgan fingerprint density at radius 1 is 1.11 bits per heavy atom. The van der Waals surface area contributed by atoms with Gasteiger partial charge in [-0.05, 0) is 18.2 Å². The lowest BCUT2D eigenvalue weighted by Crippen LogP contribution is -2.56. The number of sulfonamides is 1. The van der Waals surface area contributed by atoms with Crippen molar-refractivity contribution in [3.63, 3.8) is 0 Å². The van der Waals surface area contributed by atoms with E-state index in [-0.39, 0.29) is 29.6 Å². The number of nitrogens with zero attached hydrogens (tertiary/aromatic N) is 2. The van der Waals surface area contributed by atoms with Crippen LogP contribution >= 0.6 is 0 Å². The molecule has 0 unspecified atom stereocenters. The van der Waals surface area contributed by atoms with Crippen LogP contribution in [0.3, 0.4) is 0 Å². The highest BCUT2D eigenvalue weighted by atomic mass is 32.2. The van der Waals surface area contributed by atoms with Gasteiger partial charge in [0.2, 0.25) is 15.9 Å². The minimum absolute atomic E-state index is 0.0184. The van der Waals surface area contributed by atoms with E-state index < -0.39 is 28.0 Å². The molecule has 0 atom stereocenters. The number of rotatable bonds is 6. The molecule has 3 rings (SSSR count). The van der Waals surface area contributed by atoms with Gasteiger partial charge in [-0.3, -0.25) is 0 Å².